The molecule has 0 aliphatic heterocycles. The summed E-state index contributed by atoms with van der Waals surface area (Å²) in [5.74, 6) is -0.462. The summed E-state index contributed by atoms with van der Waals surface area (Å²) in [5, 5.41) is 0. The molecule has 1 heterocycles. The summed E-state index contributed by atoms with van der Waals surface area (Å²) < 4.78 is 23.3. The van der Waals surface area contributed by atoms with E-state index in [0.717, 1.165) is 0 Å². The largest absolute Gasteiger partial charge is 0.465 e. The number of carbonyl (C=O) groups excluding carboxylic acids is 1. The Morgan fingerprint density at radius 1 is 1.35 bits per heavy atom. The van der Waals surface area contributed by atoms with Crippen molar-refractivity contribution < 1.29 is 18.7 Å². The number of hydrogen-bond acceptors (Lipinski definition) is 5. The zero-order valence-corrected chi connectivity index (χ0v) is 11.0. The van der Waals surface area contributed by atoms with Gasteiger partial charge in [0.2, 0.25) is 5.88 Å². The third-order valence-electron chi connectivity index (χ3n) is 2.70. The number of benzene rings is 1. The fourth-order valence-electron chi connectivity index (χ4n) is 1.62. The Kier molecular flexibility index (Phi) is 3.84. The van der Waals surface area contributed by atoms with Gasteiger partial charge >= 0.3 is 5.97 Å². The normalized spacial score (nSPS) is 10.2. The molecule has 0 radical (unpaired) electrons. The molecule has 1 aromatic carbocycles. The van der Waals surface area contributed by atoms with Crippen molar-refractivity contribution in [1.82, 2.24) is 4.98 Å². The minimum atomic E-state index is -0.579. The highest BCUT2D eigenvalue weighted by Crippen LogP contribution is 2.28. The second kappa shape index (κ2) is 5.56. The first-order valence-electron chi connectivity index (χ1n) is 5.79. The molecule has 2 rings (SSSR count). The van der Waals surface area contributed by atoms with Crippen molar-refractivity contribution in [3.05, 3.63) is 47.4 Å². The lowest BCUT2D eigenvalue weighted by Crippen LogP contribution is -2.07. The number of esters is 1. The molecule has 0 saturated heterocycles. The molecule has 0 bridgehead atoms. The molecule has 0 aliphatic carbocycles. The molecule has 6 heteroatoms. The lowest BCUT2D eigenvalue weighted by molar-refractivity contribution is 0.0601. The standard InChI is InChI=1S/C14H13FN2O3/c1-8-7-9(3-4-11(8)15)20-13-12(16)10(5-6-17-13)14(18)19-2/h3-7H,16H2,1-2H3. The van der Waals surface area contributed by atoms with E-state index in [0.29, 0.717) is 11.3 Å². The fourth-order valence-corrected chi connectivity index (χ4v) is 1.62. The molecule has 2 aromatic rings. The number of nitrogen functional groups attached to an aromatic ring is 1. The summed E-state index contributed by atoms with van der Waals surface area (Å²) in [6.45, 7) is 1.61. The third kappa shape index (κ3) is 2.69. The molecule has 0 aliphatic rings. The molecule has 0 unspecified atom stereocenters. The summed E-state index contributed by atoms with van der Waals surface area (Å²) in [7, 11) is 1.26. The molecular formula is C14H13FN2O3. The molecule has 5 nitrogen and oxygen atoms in total. The molecule has 0 spiro atoms. The van der Waals surface area contributed by atoms with Crippen LogP contribution in [0.25, 0.3) is 0 Å². The van der Waals surface area contributed by atoms with Gasteiger partial charge in [-0.1, -0.05) is 0 Å². The Morgan fingerprint density at radius 2 is 2.10 bits per heavy atom. The van der Waals surface area contributed by atoms with Crippen molar-refractivity contribution >= 4 is 11.7 Å². The Labute approximate surface area is 115 Å². The molecule has 0 amide bonds. The average molecular weight is 276 g/mol. The van der Waals surface area contributed by atoms with E-state index in [4.69, 9.17) is 10.5 Å². The monoisotopic (exact) mass is 276 g/mol. The van der Waals surface area contributed by atoms with Crippen molar-refractivity contribution in [1.29, 1.82) is 0 Å². The minimum absolute atomic E-state index is 0.0684. The van der Waals surface area contributed by atoms with Crippen LogP contribution in [0, 0.1) is 12.7 Å². The predicted octanol–water partition coefficient (Wildman–Crippen LogP) is 2.69. The van der Waals surface area contributed by atoms with E-state index in [2.05, 4.69) is 9.72 Å². The SMILES string of the molecule is COC(=O)c1ccnc(Oc2ccc(F)c(C)c2)c1N. The van der Waals surface area contributed by atoms with Crippen molar-refractivity contribution in [3.63, 3.8) is 0 Å². The van der Waals surface area contributed by atoms with Crippen LogP contribution in [0.5, 0.6) is 11.6 Å². The zero-order chi connectivity index (χ0) is 14.7. The lowest BCUT2D eigenvalue weighted by Gasteiger charge is -2.10. The molecule has 0 atom stereocenters. The van der Waals surface area contributed by atoms with E-state index < -0.39 is 5.97 Å². The summed E-state index contributed by atoms with van der Waals surface area (Å²) in [4.78, 5) is 15.5. The number of nitrogens with zero attached hydrogens (tertiary/aromatic N) is 1. The smallest absolute Gasteiger partial charge is 0.340 e. The maximum Gasteiger partial charge on any atom is 0.340 e. The molecule has 20 heavy (non-hydrogen) atoms. The zero-order valence-electron chi connectivity index (χ0n) is 11.0. The van der Waals surface area contributed by atoms with Gasteiger partial charge in [0.15, 0.2) is 0 Å². The van der Waals surface area contributed by atoms with Gasteiger partial charge < -0.3 is 15.2 Å². The van der Waals surface area contributed by atoms with Crippen LogP contribution >= 0.6 is 0 Å². The molecule has 0 saturated carbocycles. The number of aryl methyl sites for hydroxylation is 1. The van der Waals surface area contributed by atoms with E-state index in [1.165, 1.54) is 37.6 Å². The summed E-state index contributed by atoms with van der Waals surface area (Å²) in [6.07, 6.45) is 1.38. The second-order valence-corrected chi connectivity index (χ2v) is 4.08. The Bertz CT molecular complexity index is 659. The van der Waals surface area contributed by atoms with Gasteiger partial charge in [0, 0.05) is 6.20 Å². The Morgan fingerprint density at radius 3 is 2.75 bits per heavy atom. The average Bonchev–Trinajstić information content (AvgIpc) is 2.44. The van der Waals surface area contributed by atoms with Crippen LogP contribution in [0.2, 0.25) is 0 Å². The highest BCUT2D eigenvalue weighted by Gasteiger charge is 2.15. The summed E-state index contributed by atoms with van der Waals surface area (Å²) in [5.41, 5.74) is 6.48. The van der Waals surface area contributed by atoms with E-state index in [9.17, 15) is 9.18 Å². The number of halogens is 1. The lowest BCUT2D eigenvalue weighted by atomic mass is 10.2. The number of pyridine rings is 1. The number of rotatable bonds is 3. The number of carbonyl (C=O) groups is 1. The fraction of sp³-hybridized carbons (Fsp3) is 0.143. The van der Waals surface area contributed by atoms with Crippen LogP contribution in [0.4, 0.5) is 10.1 Å². The second-order valence-electron chi connectivity index (χ2n) is 4.08. The van der Waals surface area contributed by atoms with Gasteiger partial charge in [-0.15, -0.1) is 0 Å². The van der Waals surface area contributed by atoms with Gasteiger partial charge in [-0.05, 0) is 36.8 Å². The van der Waals surface area contributed by atoms with Crippen molar-refractivity contribution in [2.24, 2.45) is 0 Å². The van der Waals surface area contributed by atoms with Crippen LogP contribution in [0.1, 0.15) is 15.9 Å². The topological polar surface area (TPSA) is 74.4 Å². The van der Waals surface area contributed by atoms with Crippen LogP contribution in [-0.4, -0.2) is 18.1 Å². The van der Waals surface area contributed by atoms with Crippen LogP contribution in [0.15, 0.2) is 30.5 Å². The summed E-state index contributed by atoms with van der Waals surface area (Å²) >= 11 is 0. The first-order valence-corrected chi connectivity index (χ1v) is 5.79. The van der Waals surface area contributed by atoms with Gasteiger partial charge in [0.25, 0.3) is 0 Å². The van der Waals surface area contributed by atoms with Crippen LogP contribution in [-0.2, 0) is 4.74 Å². The number of anilines is 1. The Hall–Kier alpha value is -2.63. The first kappa shape index (κ1) is 13.8. The maximum atomic E-state index is 13.2. The quantitative estimate of drug-likeness (QED) is 0.872. The number of methoxy groups -OCH3 is 1. The molecule has 0 fully saturated rings. The molecule has 104 valence electrons. The Balaban J connectivity index is 2.34. The van der Waals surface area contributed by atoms with E-state index in [-0.39, 0.29) is 22.9 Å². The van der Waals surface area contributed by atoms with Gasteiger partial charge in [0.05, 0.1) is 12.7 Å². The highest BCUT2D eigenvalue weighted by atomic mass is 19.1. The number of ether oxygens (including phenoxy) is 2. The molecule has 2 N–H and O–H groups in total. The van der Waals surface area contributed by atoms with Gasteiger partial charge in [0.1, 0.15) is 17.3 Å². The predicted molar refractivity (Wildman–Crippen MR) is 71.2 cm³/mol. The number of hydrogen-bond donors (Lipinski definition) is 1. The maximum absolute atomic E-state index is 13.2. The van der Waals surface area contributed by atoms with Crippen molar-refractivity contribution in [2.75, 3.05) is 12.8 Å². The van der Waals surface area contributed by atoms with E-state index >= 15 is 0 Å². The van der Waals surface area contributed by atoms with Crippen molar-refractivity contribution in [3.8, 4) is 11.6 Å². The van der Waals surface area contributed by atoms with Gasteiger partial charge in [-0.25, -0.2) is 14.2 Å². The first-order chi connectivity index (χ1) is 9.52. The number of aromatic nitrogens is 1. The third-order valence-corrected chi connectivity index (χ3v) is 2.70. The minimum Gasteiger partial charge on any atom is -0.465 e. The highest BCUT2D eigenvalue weighted by molar-refractivity contribution is 5.96. The summed E-state index contributed by atoms with van der Waals surface area (Å²) in [6, 6.07) is 5.69. The molecular weight excluding hydrogens is 263 g/mol. The number of nitrogens with two attached hydrogens (primary N) is 1. The van der Waals surface area contributed by atoms with Crippen LogP contribution in [0.3, 0.4) is 0 Å². The van der Waals surface area contributed by atoms with Gasteiger partial charge in [-0.3, -0.25) is 0 Å². The van der Waals surface area contributed by atoms with E-state index in [1.807, 2.05) is 0 Å². The molecule has 1 aromatic heterocycles. The van der Waals surface area contributed by atoms with Crippen molar-refractivity contribution in [2.45, 2.75) is 6.92 Å². The van der Waals surface area contributed by atoms with Crippen LogP contribution < -0.4 is 10.5 Å². The van der Waals surface area contributed by atoms with Gasteiger partial charge in [-0.2, -0.15) is 0 Å². The van der Waals surface area contributed by atoms with E-state index in [1.54, 1.807) is 6.92 Å².